The van der Waals surface area contributed by atoms with Gasteiger partial charge < -0.3 is 9.52 Å². The van der Waals surface area contributed by atoms with Crippen LogP contribution in [0.5, 0.6) is 0 Å². The molecule has 72 valence electrons. The van der Waals surface area contributed by atoms with E-state index >= 15 is 0 Å². The molecule has 0 bridgehead atoms. The van der Waals surface area contributed by atoms with Gasteiger partial charge in [-0.15, -0.1) is 0 Å². The van der Waals surface area contributed by atoms with Crippen molar-refractivity contribution in [1.29, 1.82) is 0 Å². The summed E-state index contributed by atoms with van der Waals surface area (Å²) in [6.07, 6.45) is 3.13. The molecule has 1 aliphatic carbocycles. The Morgan fingerprint density at radius 1 is 1.62 bits per heavy atom. The molecule has 1 aromatic rings. The molecule has 1 N–H and O–H groups in total. The van der Waals surface area contributed by atoms with Crippen LogP contribution in [0.2, 0.25) is 0 Å². The molecule has 0 spiro atoms. The van der Waals surface area contributed by atoms with Crippen LogP contribution in [0.25, 0.3) is 0 Å². The Morgan fingerprint density at radius 2 is 2.31 bits per heavy atom. The molecule has 1 heterocycles. The summed E-state index contributed by atoms with van der Waals surface area (Å²) < 4.78 is 6.28. The third-order valence-corrected chi connectivity index (χ3v) is 3.21. The van der Waals surface area contributed by atoms with Gasteiger partial charge in [-0.1, -0.05) is 0 Å². The molecule has 0 aromatic carbocycles. The van der Waals surface area contributed by atoms with Crippen molar-refractivity contribution in [2.45, 2.75) is 26.2 Å². The Bertz CT molecular complexity index is 313. The first-order valence-corrected chi connectivity index (χ1v) is 5.30. The van der Waals surface area contributed by atoms with Crippen LogP contribution in [0.3, 0.4) is 0 Å². The second-order valence-electron chi connectivity index (χ2n) is 3.99. The second-order valence-corrected chi connectivity index (χ2v) is 4.77. The van der Waals surface area contributed by atoms with Gasteiger partial charge in [0.05, 0.1) is 0 Å². The summed E-state index contributed by atoms with van der Waals surface area (Å²) in [6.45, 7) is 2.32. The summed E-state index contributed by atoms with van der Waals surface area (Å²) in [5.74, 6) is 1.01. The molecule has 2 nitrogen and oxygen atoms in total. The molecule has 2 rings (SSSR count). The number of furan rings is 1. The van der Waals surface area contributed by atoms with Crippen LogP contribution in [-0.2, 0) is 6.42 Å². The molecule has 0 aliphatic heterocycles. The lowest BCUT2D eigenvalue weighted by Crippen LogP contribution is -2.10. The van der Waals surface area contributed by atoms with E-state index in [-0.39, 0.29) is 12.0 Å². The summed E-state index contributed by atoms with van der Waals surface area (Å²) in [6, 6.07) is 1.97. The molecule has 0 amide bonds. The van der Waals surface area contributed by atoms with Crippen LogP contribution in [0.4, 0.5) is 0 Å². The average molecular weight is 245 g/mol. The normalized spacial score (nSPS) is 19.0. The minimum atomic E-state index is 0.141. The van der Waals surface area contributed by atoms with Crippen molar-refractivity contribution in [1.82, 2.24) is 0 Å². The topological polar surface area (TPSA) is 33.4 Å². The SMILES string of the molecule is Cc1cc(Br)oc1CC1(CO)CC1. The molecule has 0 unspecified atom stereocenters. The number of halogens is 1. The van der Waals surface area contributed by atoms with Crippen LogP contribution < -0.4 is 0 Å². The van der Waals surface area contributed by atoms with Crippen LogP contribution in [-0.4, -0.2) is 11.7 Å². The van der Waals surface area contributed by atoms with E-state index in [2.05, 4.69) is 15.9 Å². The highest BCUT2D eigenvalue weighted by Crippen LogP contribution is 2.48. The molecule has 3 heteroatoms. The molecule has 13 heavy (non-hydrogen) atoms. The maximum absolute atomic E-state index is 9.16. The monoisotopic (exact) mass is 244 g/mol. The van der Waals surface area contributed by atoms with Crippen molar-refractivity contribution >= 4 is 15.9 Å². The quantitative estimate of drug-likeness (QED) is 0.888. The third-order valence-electron chi connectivity index (χ3n) is 2.82. The second kappa shape index (κ2) is 3.14. The van der Waals surface area contributed by atoms with Crippen LogP contribution >= 0.6 is 15.9 Å². The van der Waals surface area contributed by atoms with Gasteiger partial charge in [0.25, 0.3) is 0 Å². The van der Waals surface area contributed by atoms with E-state index in [9.17, 15) is 0 Å². The van der Waals surface area contributed by atoms with Crippen LogP contribution in [0.15, 0.2) is 15.2 Å². The highest BCUT2D eigenvalue weighted by Gasteiger charge is 2.43. The molecular weight excluding hydrogens is 232 g/mol. The molecule has 1 aliphatic rings. The van der Waals surface area contributed by atoms with Gasteiger partial charge in [-0.2, -0.15) is 0 Å². The molecule has 0 saturated heterocycles. The van der Waals surface area contributed by atoms with Crippen molar-refractivity contribution in [2.75, 3.05) is 6.61 Å². The first-order valence-electron chi connectivity index (χ1n) is 4.51. The van der Waals surface area contributed by atoms with Gasteiger partial charge in [-0.25, -0.2) is 0 Å². The summed E-state index contributed by atoms with van der Waals surface area (Å²) in [5.41, 5.74) is 1.31. The Labute approximate surface area is 86.1 Å². The van der Waals surface area contributed by atoms with E-state index < -0.39 is 0 Å². The van der Waals surface area contributed by atoms with Gasteiger partial charge in [0, 0.05) is 18.4 Å². The summed E-state index contributed by atoms with van der Waals surface area (Å²) >= 11 is 3.30. The summed E-state index contributed by atoms with van der Waals surface area (Å²) in [4.78, 5) is 0. The molecule has 1 aromatic heterocycles. The third kappa shape index (κ3) is 1.81. The molecule has 0 atom stereocenters. The predicted molar refractivity (Wildman–Crippen MR) is 53.6 cm³/mol. The Balaban J connectivity index is 2.13. The number of aliphatic hydroxyl groups excluding tert-OH is 1. The number of aliphatic hydroxyl groups is 1. The minimum Gasteiger partial charge on any atom is -0.454 e. The highest BCUT2D eigenvalue weighted by atomic mass is 79.9. The van der Waals surface area contributed by atoms with Gasteiger partial charge >= 0.3 is 0 Å². The van der Waals surface area contributed by atoms with Crippen molar-refractivity contribution < 1.29 is 9.52 Å². The van der Waals surface area contributed by atoms with Crippen molar-refractivity contribution in [3.8, 4) is 0 Å². The van der Waals surface area contributed by atoms with E-state index in [4.69, 9.17) is 9.52 Å². The first-order chi connectivity index (χ1) is 6.15. The first kappa shape index (κ1) is 9.28. The number of rotatable bonds is 3. The smallest absolute Gasteiger partial charge is 0.169 e. The molecule has 0 radical (unpaired) electrons. The van der Waals surface area contributed by atoms with Gasteiger partial charge in [0.2, 0.25) is 0 Å². The van der Waals surface area contributed by atoms with E-state index in [0.29, 0.717) is 0 Å². The van der Waals surface area contributed by atoms with Crippen molar-refractivity contribution in [2.24, 2.45) is 5.41 Å². The number of hydrogen-bond acceptors (Lipinski definition) is 2. The molecular formula is C10H13BrO2. The average Bonchev–Trinajstić information content (AvgIpc) is 2.77. The van der Waals surface area contributed by atoms with Crippen molar-refractivity contribution in [3.63, 3.8) is 0 Å². The fraction of sp³-hybridized carbons (Fsp3) is 0.600. The zero-order valence-electron chi connectivity index (χ0n) is 7.64. The van der Waals surface area contributed by atoms with Gasteiger partial charge in [-0.3, -0.25) is 0 Å². The van der Waals surface area contributed by atoms with E-state index in [1.165, 1.54) is 5.56 Å². The summed E-state index contributed by atoms with van der Waals surface area (Å²) in [5, 5.41) is 9.16. The Kier molecular flexibility index (Phi) is 2.24. The lowest BCUT2D eigenvalue weighted by atomic mass is 10.0. The lowest BCUT2D eigenvalue weighted by Gasteiger charge is -2.09. The largest absolute Gasteiger partial charge is 0.454 e. The van der Waals surface area contributed by atoms with E-state index in [1.54, 1.807) is 0 Å². The highest BCUT2D eigenvalue weighted by molar-refractivity contribution is 9.10. The van der Waals surface area contributed by atoms with Crippen LogP contribution in [0, 0.1) is 12.3 Å². The maximum atomic E-state index is 9.16. The molecule has 1 saturated carbocycles. The molecule has 1 fully saturated rings. The lowest BCUT2D eigenvalue weighted by molar-refractivity contribution is 0.204. The zero-order chi connectivity index (χ0) is 9.47. The van der Waals surface area contributed by atoms with Crippen molar-refractivity contribution in [3.05, 3.63) is 22.1 Å². The number of aryl methyl sites for hydroxylation is 1. The van der Waals surface area contributed by atoms with Gasteiger partial charge in [0.1, 0.15) is 5.76 Å². The van der Waals surface area contributed by atoms with E-state index in [0.717, 1.165) is 29.7 Å². The summed E-state index contributed by atoms with van der Waals surface area (Å²) in [7, 11) is 0. The van der Waals surface area contributed by atoms with Crippen LogP contribution in [0.1, 0.15) is 24.2 Å². The predicted octanol–water partition coefficient (Wildman–Crippen LogP) is 2.67. The Hall–Kier alpha value is -0.280. The van der Waals surface area contributed by atoms with E-state index in [1.807, 2.05) is 13.0 Å². The van der Waals surface area contributed by atoms with Gasteiger partial charge in [-0.05, 0) is 47.3 Å². The minimum absolute atomic E-state index is 0.141. The maximum Gasteiger partial charge on any atom is 0.169 e. The zero-order valence-corrected chi connectivity index (χ0v) is 9.23. The standard InChI is InChI=1S/C10H13BrO2/c1-7-4-9(11)13-8(7)5-10(6-12)2-3-10/h4,12H,2-3,5-6H2,1H3. The fourth-order valence-electron chi connectivity index (χ4n) is 1.56. The Morgan fingerprint density at radius 3 is 2.69 bits per heavy atom. The number of hydrogen-bond donors (Lipinski definition) is 1. The van der Waals surface area contributed by atoms with Gasteiger partial charge in [0.15, 0.2) is 4.67 Å². The fourth-order valence-corrected chi connectivity index (χ4v) is 2.10.